The minimum absolute atomic E-state index is 0.312. The first-order chi connectivity index (χ1) is 9.65. The summed E-state index contributed by atoms with van der Waals surface area (Å²) in [5, 5.41) is 3.68. The number of nitrogens with one attached hydrogen (secondary N) is 1. The van der Waals surface area contributed by atoms with E-state index in [0.29, 0.717) is 6.04 Å². The summed E-state index contributed by atoms with van der Waals surface area (Å²) in [7, 11) is 0. The monoisotopic (exact) mass is 351 g/mol. The van der Waals surface area contributed by atoms with Crippen molar-refractivity contribution < 1.29 is 0 Å². The van der Waals surface area contributed by atoms with Crippen molar-refractivity contribution in [1.82, 2.24) is 5.32 Å². The smallest absolute Gasteiger partial charge is 0.0671 e. The van der Waals surface area contributed by atoms with Gasteiger partial charge in [-0.2, -0.15) is 0 Å². The number of aryl methyl sites for hydroxylation is 2. The average Bonchev–Trinajstić information content (AvgIpc) is 2.92. The highest BCUT2D eigenvalue weighted by atomic mass is 79.9. The normalized spacial score (nSPS) is 12.6. The van der Waals surface area contributed by atoms with Crippen LogP contribution in [0.2, 0.25) is 0 Å². The van der Waals surface area contributed by atoms with Gasteiger partial charge in [-0.05, 0) is 55.6 Å². The first kappa shape index (κ1) is 15.7. The quantitative estimate of drug-likeness (QED) is 0.727. The van der Waals surface area contributed by atoms with Crippen LogP contribution in [0, 0.1) is 6.92 Å². The molecule has 0 bridgehead atoms. The molecule has 0 aliphatic rings. The van der Waals surface area contributed by atoms with Crippen LogP contribution in [0.15, 0.2) is 34.8 Å². The van der Waals surface area contributed by atoms with Crippen molar-refractivity contribution in [2.75, 3.05) is 6.54 Å². The third kappa shape index (κ3) is 3.72. The minimum atomic E-state index is 0.312. The zero-order valence-electron chi connectivity index (χ0n) is 12.4. The van der Waals surface area contributed by atoms with Gasteiger partial charge in [-0.3, -0.25) is 0 Å². The van der Waals surface area contributed by atoms with Crippen LogP contribution in [-0.2, 0) is 6.42 Å². The number of hydrogen-bond donors (Lipinski definition) is 1. The van der Waals surface area contributed by atoms with Gasteiger partial charge in [0.05, 0.1) is 6.04 Å². The Hall–Kier alpha value is -0.640. The highest BCUT2D eigenvalue weighted by Gasteiger charge is 2.16. The Balaban J connectivity index is 2.32. The van der Waals surface area contributed by atoms with Crippen LogP contribution in [0.1, 0.15) is 47.2 Å². The molecule has 1 aromatic carbocycles. The Morgan fingerprint density at radius 3 is 2.60 bits per heavy atom. The van der Waals surface area contributed by atoms with Crippen molar-refractivity contribution in [3.05, 3.63) is 55.7 Å². The van der Waals surface area contributed by atoms with Gasteiger partial charge in [-0.15, -0.1) is 11.3 Å². The van der Waals surface area contributed by atoms with Gasteiger partial charge < -0.3 is 5.32 Å². The molecule has 20 heavy (non-hydrogen) atoms. The molecule has 1 unspecified atom stereocenters. The highest BCUT2D eigenvalue weighted by molar-refractivity contribution is 9.10. The summed E-state index contributed by atoms with van der Waals surface area (Å²) in [5.41, 5.74) is 2.64. The summed E-state index contributed by atoms with van der Waals surface area (Å²) in [4.78, 5) is 2.87. The van der Waals surface area contributed by atoms with E-state index in [0.717, 1.165) is 19.4 Å². The predicted octanol–water partition coefficient (Wildman–Crippen LogP) is 5.47. The molecule has 3 heteroatoms. The molecule has 0 saturated heterocycles. The summed E-state index contributed by atoms with van der Waals surface area (Å²) >= 11 is 5.51. The molecule has 1 nitrogen and oxygen atoms in total. The fraction of sp³-hybridized carbons (Fsp3) is 0.412. The Kier molecular flexibility index (Phi) is 5.82. The second-order valence-electron chi connectivity index (χ2n) is 5.05. The first-order valence-electron chi connectivity index (χ1n) is 7.23. The van der Waals surface area contributed by atoms with Crippen LogP contribution in [0.4, 0.5) is 0 Å². The maximum absolute atomic E-state index is 3.68. The van der Waals surface area contributed by atoms with Gasteiger partial charge in [-0.1, -0.05) is 41.9 Å². The number of hydrogen-bond acceptors (Lipinski definition) is 2. The van der Waals surface area contributed by atoms with E-state index in [9.17, 15) is 0 Å². The van der Waals surface area contributed by atoms with Crippen LogP contribution in [0.5, 0.6) is 0 Å². The van der Waals surface area contributed by atoms with E-state index >= 15 is 0 Å². The number of thiophene rings is 1. The molecule has 1 heterocycles. The van der Waals surface area contributed by atoms with E-state index in [1.165, 1.54) is 25.4 Å². The molecule has 0 amide bonds. The molecule has 1 aromatic heterocycles. The summed E-state index contributed by atoms with van der Waals surface area (Å²) in [6.07, 6.45) is 2.27. The summed E-state index contributed by atoms with van der Waals surface area (Å²) < 4.78 is 1.18. The van der Waals surface area contributed by atoms with Gasteiger partial charge in [0.1, 0.15) is 0 Å². The van der Waals surface area contributed by atoms with Crippen LogP contribution in [0.25, 0.3) is 0 Å². The fourth-order valence-electron chi connectivity index (χ4n) is 2.26. The van der Waals surface area contributed by atoms with Gasteiger partial charge in [0.15, 0.2) is 0 Å². The van der Waals surface area contributed by atoms with E-state index < -0.39 is 0 Å². The molecule has 0 saturated carbocycles. The van der Waals surface area contributed by atoms with Crippen molar-refractivity contribution in [3.63, 3.8) is 0 Å². The third-order valence-corrected chi connectivity index (χ3v) is 5.61. The fourth-order valence-corrected chi connectivity index (χ4v) is 3.56. The van der Waals surface area contributed by atoms with Gasteiger partial charge in [0.25, 0.3) is 0 Å². The molecule has 2 rings (SSSR count). The Bertz CT molecular complexity index is 562. The molecule has 1 atom stereocenters. The van der Waals surface area contributed by atoms with E-state index in [1.54, 1.807) is 0 Å². The molecule has 108 valence electrons. The van der Waals surface area contributed by atoms with Gasteiger partial charge in [-0.25, -0.2) is 0 Å². The van der Waals surface area contributed by atoms with Crippen molar-refractivity contribution in [1.29, 1.82) is 0 Å². The maximum atomic E-state index is 3.68. The van der Waals surface area contributed by atoms with E-state index in [4.69, 9.17) is 0 Å². The van der Waals surface area contributed by atoms with E-state index in [2.05, 4.69) is 72.3 Å². The zero-order valence-corrected chi connectivity index (χ0v) is 14.8. The molecule has 1 N–H and O–H groups in total. The van der Waals surface area contributed by atoms with E-state index in [-0.39, 0.29) is 0 Å². The lowest BCUT2D eigenvalue weighted by Crippen LogP contribution is -2.22. The molecule has 0 spiro atoms. The summed E-state index contributed by atoms with van der Waals surface area (Å²) in [5.74, 6) is 0. The van der Waals surface area contributed by atoms with Crippen molar-refractivity contribution in [3.8, 4) is 0 Å². The largest absolute Gasteiger partial charge is 0.306 e. The second kappa shape index (κ2) is 7.39. The highest BCUT2D eigenvalue weighted by Crippen LogP contribution is 2.30. The third-order valence-electron chi connectivity index (χ3n) is 3.43. The standard InChI is InChI=1S/C17H22BrNS/c1-4-10-19-17(16-9-7-14(5-2)20-16)13-6-8-15(18)12(3)11-13/h6-9,11,17,19H,4-5,10H2,1-3H3. The molecule has 0 aliphatic heterocycles. The molecule has 0 aliphatic carbocycles. The van der Waals surface area contributed by atoms with Crippen LogP contribution in [-0.4, -0.2) is 6.54 Å². The number of rotatable bonds is 6. The maximum Gasteiger partial charge on any atom is 0.0671 e. The van der Waals surface area contributed by atoms with Crippen molar-refractivity contribution >= 4 is 27.3 Å². The molecule has 0 radical (unpaired) electrons. The first-order valence-corrected chi connectivity index (χ1v) is 8.84. The van der Waals surface area contributed by atoms with Crippen LogP contribution in [0.3, 0.4) is 0 Å². The molecule has 2 aromatic rings. The predicted molar refractivity (Wildman–Crippen MR) is 92.7 cm³/mol. The van der Waals surface area contributed by atoms with Crippen LogP contribution < -0.4 is 5.32 Å². The molecular weight excluding hydrogens is 330 g/mol. The lowest BCUT2D eigenvalue weighted by Gasteiger charge is -2.18. The van der Waals surface area contributed by atoms with Gasteiger partial charge in [0, 0.05) is 14.2 Å². The Morgan fingerprint density at radius 1 is 1.20 bits per heavy atom. The number of halogens is 1. The average molecular weight is 352 g/mol. The SMILES string of the molecule is CCCNC(c1ccc(Br)c(C)c1)c1ccc(CC)s1. The minimum Gasteiger partial charge on any atom is -0.306 e. The summed E-state index contributed by atoms with van der Waals surface area (Å²) in [6, 6.07) is 11.5. The number of benzene rings is 1. The molecular formula is C17H22BrNS. The topological polar surface area (TPSA) is 12.0 Å². The molecule has 0 fully saturated rings. The van der Waals surface area contributed by atoms with Crippen LogP contribution >= 0.6 is 27.3 Å². The second-order valence-corrected chi connectivity index (χ2v) is 7.11. The van der Waals surface area contributed by atoms with Gasteiger partial charge >= 0.3 is 0 Å². The Labute approximate surface area is 134 Å². The zero-order chi connectivity index (χ0) is 14.5. The summed E-state index contributed by atoms with van der Waals surface area (Å²) in [6.45, 7) is 7.62. The Morgan fingerprint density at radius 2 is 2.00 bits per heavy atom. The van der Waals surface area contributed by atoms with E-state index in [1.807, 2.05) is 11.3 Å². The van der Waals surface area contributed by atoms with Gasteiger partial charge in [0.2, 0.25) is 0 Å². The van der Waals surface area contributed by atoms with Crippen molar-refractivity contribution in [2.24, 2.45) is 0 Å². The lowest BCUT2D eigenvalue weighted by molar-refractivity contribution is 0.605. The van der Waals surface area contributed by atoms with Crippen molar-refractivity contribution in [2.45, 2.75) is 39.7 Å². The lowest BCUT2D eigenvalue weighted by atomic mass is 10.0.